The first-order chi connectivity index (χ1) is 8.51. The van der Waals surface area contributed by atoms with E-state index in [4.69, 9.17) is 9.78 Å². The van der Waals surface area contributed by atoms with Gasteiger partial charge in [0.2, 0.25) is 0 Å². The van der Waals surface area contributed by atoms with Crippen LogP contribution in [0.5, 0.6) is 0 Å². The quantitative estimate of drug-likeness (QED) is 0.617. The Morgan fingerprint density at radius 3 is 2.94 bits per heavy atom. The fourth-order valence-electron chi connectivity index (χ4n) is 2.93. The highest BCUT2D eigenvalue weighted by Crippen LogP contribution is 2.49. The van der Waals surface area contributed by atoms with Crippen molar-refractivity contribution in [2.24, 2.45) is 5.92 Å². The molecule has 0 aromatic heterocycles. The van der Waals surface area contributed by atoms with E-state index in [9.17, 15) is 5.11 Å². The van der Waals surface area contributed by atoms with Crippen molar-refractivity contribution in [1.82, 2.24) is 0 Å². The first-order valence-electron chi connectivity index (χ1n) is 7.15. The van der Waals surface area contributed by atoms with E-state index < -0.39 is 11.2 Å². The van der Waals surface area contributed by atoms with E-state index in [1.807, 2.05) is 18.7 Å². The van der Waals surface area contributed by atoms with Crippen LogP contribution in [0.4, 0.5) is 0 Å². The van der Waals surface area contributed by atoms with Crippen LogP contribution >= 0.6 is 11.8 Å². The van der Waals surface area contributed by atoms with Gasteiger partial charge in [0.05, 0.1) is 11.7 Å². The maximum absolute atomic E-state index is 10.7. The van der Waals surface area contributed by atoms with Gasteiger partial charge in [0.1, 0.15) is 5.60 Å². The van der Waals surface area contributed by atoms with Crippen molar-refractivity contribution in [3.8, 4) is 0 Å². The third kappa shape index (κ3) is 2.72. The summed E-state index contributed by atoms with van der Waals surface area (Å²) in [5.41, 5.74) is -1.26. The second kappa shape index (κ2) is 5.70. The lowest BCUT2D eigenvalue weighted by atomic mass is 9.67. The molecule has 2 rings (SSSR count). The van der Waals surface area contributed by atoms with E-state index in [1.54, 1.807) is 0 Å². The monoisotopic (exact) mass is 274 g/mol. The van der Waals surface area contributed by atoms with Crippen molar-refractivity contribution >= 4 is 11.8 Å². The van der Waals surface area contributed by atoms with Gasteiger partial charge in [0.15, 0.2) is 0 Å². The van der Waals surface area contributed by atoms with E-state index in [0.29, 0.717) is 5.92 Å². The highest BCUT2D eigenvalue weighted by atomic mass is 32.2. The van der Waals surface area contributed by atoms with Gasteiger partial charge in [-0.25, -0.2) is 9.78 Å². The highest BCUT2D eigenvalue weighted by Gasteiger charge is 2.57. The van der Waals surface area contributed by atoms with Crippen LogP contribution in [0.25, 0.3) is 0 Å². The van der Waals surface area contributed by atoms with Gasteiger partial charge in [-0.05, 0) is 51.2 Å². The zero-order chi connectivity index (χ0) is 13.2. The molecular formula is C14H26O3S. The second-order valence-electron chi connectivity index (χ2n) is 6.06. The van der Waals surface area contributed by atoms with E-state index in [-0.39, 0.29) is 6.10 Å². The normalized spacial score (nSPS) is 44.0. The third-order valence-corrected chi connectivity index (χ3v) is 5.82. The Bertz CT molecular complexity index is 282. The number of hydrogen-bond donors (Lipinski definition) is 1. The minimum absolute atomic E-state index is 0.162. The molecule has 4 heteroatoms. The van der Waals surface area contributed by atoms with Crippen LogP contribution in [-0.4, -0.2) is 33.9 Å². The highest BCUT2D eigenvalue weighted by molar-refractivity contribution is 7.99. The molecule has 1 N–H and O–H groups in total. The van der Waals surface area contributed by atoms with Gasteiger partial charge < -0.3 is 5.11 Å². The van der Waals surface area contributed by atoms with Gasteiger partial charge in [-0.1, -0.05) is 13.3 Å². The molecule has 0 aromatic rings. The van der Waals surface area contributed by atoms with E-state index in [0.717, 1.165) is 30.8 Å². The summed E-state index contributed by atoms with van der Waals surface area (Å²) in [6, 6.07) is 0. The predicted octanol–water partition coefficient (Wildman–Crippen LogP) is 3.16. The Kier molecular flexibility index (Phi) is 4.63. The number of unbranched alkanes of at least 4 members (excludes halogenated alkanes) is 1. The molecule has 2 bridgehead atoms. The molecule has 2 fully saturated rings. The smallest absolute Gasteiger partial charge is 0.141 e. The zero-order valence-corrected chi connectivity index (χ0v) is 12.6. The lowest BCUT2D eigenvalue weighted by Gasteiger charge is -2.53. The van der Waals surface area contributed by atoms with Gasteiger partial charge in [-0.2, -0.15) is 11.8 Å². The number of rotatable bonds is 5. The van der Waals surface area contributed by atoms with Crippen LogP contribution in [0.1, 0.15) is 52.9 Å². The molecule has 2 aliphatic rings. The van der Waals surface area contributed by atoms with Gasteiger partial charge in [0, 0.05) is 5.75 Å². The summed E-state index contributed by atoms with van der Waals surface area (Å²) in [5, 5.41) is 10.7. The maximum atomic E-state index is 10.7. The Labute approximate surface area is 115 Å². The lowest BCUT2D eigenvalue weighted by Crippen LogP contribution is -2.63. The van der Waals surface area contributed by atoms with Crippen LogP contribution in [0.15, 0.2) is 0 Å². The fourth-order valence-corrected chi connectivity index (χ4v) is 4.38. The van der Waals surface area contributed by atoms with E-state index in [2.05, 4.69) is 13.8 Å². The first kappa shape index (κ1) is 14.6. The molecule has 1 saturated carbocycles. The molecule has 4 atom stereocenters. The molecule has 0 radical (unpaired) electrons. The summed E-state index contributed by atoms with van der Waals surface area (Å²) in [6.07, 6.45) is 5.39. The van der Waals surface area contributed by atoms with E-state index in [1.165, 1.54) is 12.8 Å². The Morgan fingerprint density at radius 2 is 2.22 bits per heavy atom. The number of thioether (sulfide) groups is 1. The molecule has 18 heavy (non-hydrogen) atoms. The number of hydrogen-bond acceptors (Lipinski definition) is 4. The van der Waals surface area contributed by atoms with Crippen molar-refractivity contribution in [3.63, 3.8) is 0 Å². The average Bonchev–Trinajstić information content (AvgIpc) is 2.34. The second-order valence-corrected chi connectivity index (χ2v) is 7.17. The topological polar surface area (TPSA) is 38.7 Å². The third-order valence-electron chi connectivity index (χ3n) is 4.58. The molecular weight excluding hydrogens is 248 g/mol. The molecule has 1 heterocycles. The van der Waals surface area contributed by atoms with Gasteiger partial charge in [-0.3, -0.25) is 0 Å². The molecule has 3 unspecified atom stereocenters. The average molecular weight is 274 g/mol. The summed E-state index contributed by atoms with van der Waals surface area (Å²) in [5.74, 6) is 2.51. The molecule has 0 aromatic carbocycles. The Morgan fingerprint density at radius 1 is 1.44 bits per heavy atom. The van der Waals surface area contributed by atoms with Crippen molar-refractivity contribution in [2.75, 3.05) is 11.5 Å². The fraction of sp³-hybridized carbons (Fsp3) is 1.00. The number of fused-ring (bicyclic) bond motifs is 2. The molecule has 3 nitrogen and oxygen atoms in total. The predicted molar refractivity (Wildman–Crippen MR) is 74.6 cm³/mol. The van der Waals surface area contributed by atoms with E-state index >= 15 is 0 Å². The summed E-state index contributed by atoms with van der Waals surface area (Å²) in [7, 11) is 0. The lowest BCUT2D eigenvalue weighted by molar-refractivity contribution is -0.447. The van der Waals surface area contributed by atoms with Gasteiger partial charge >= 0.3 is 0 Å². The van der Waals surface area contributed by atoms with Crippen LogP contribution in [0.2, 0.25) is 0 Å². The van der Waals surface area contributed by atoms with Crippen molar-refractivity contribution < 1.29 is 14.9 Å². The van der Waals surface area contributed by atoms with Crippen LogP contribution in [-0.2, 0) is 9.78 Å². The van der Waals surface area contributed by atoms with Crippen molar-refractivity contribution in [1.29, 1.82) is 0 Å². The standard InChI is InChI=1S/C14H26O3S/c1-4-5-8-18-10-14-9-12(11(2)16-17-14)6-7-13(14,3)15/h11-12,15H,4-10H2,1-3H3/t11?,12-,13?,14?/m1/s1. The summed E-state index contributed by atoms with van der Waals surface area (Å²) in [4.78, 5) is 11.1. The summed E-state index contributed by atoms with van der Waals surface area (Å²) >= 11 is 1.88. The SMILES string of the molecule is CCCCSCC12C[C@@H](CCC1(C)O)C(C)OO2. The van der Waals surface area contributed by atoms with Gasteiger partial charge in [0.25, 0.3) is 0 Å². The summed E-state index contributed by atoms with van der Waals surface area (Å²) < 4.78 is 0. The molecule has 0 amide bonds. The minimum atomic E-state index is -0.761. The molecule has 0 spiro atoms. The zero-order valence-electron chi connectivity index (χ0n) is 11.8. The minimum Gasteiger partial charge on any atom is -0.387 e. The first-order valence-corrected chi connectivity index (χ1v) is 8.31. The van der Waals surface area contributed by atoms with Crippen LogP contribution in [0.3, 0.4) is 0 Å². The molecule has 1 saturated heterocycles. The van der Waals surface area contributed by atoms with Gasteiger partial charge in [-0.15, -0.1) is 0 Å². The molecule has 1 aliphatic carbocycles. The van der Waals surface area contributed by atoms with Crippen molar-refractivity contribution in [3.05, 3.63) is 0 Å². The Balaban J connectivity index is 2.01. The largest absolute Gasteiger partial charge is 0.387 e. The van der Waals surface area contributed by atoms with Crippen LogP contribution in [0, 0.1) is 5.92 Å². The number of aliphatic hydroxyl groups is 1. The summed E-state index contributed by atoms with van der Waals surface area (Å²) in [6.45, 7) is 6.18. The molecule has 1 aliphatic heterocycles. The van der Waals surface area contributed by atoms with Crippen LogP contribution < -0.4 is 0 Å². The molecule has 106 valence electrons. The maximum Gasteiger partial charge on any atom is 0.141 e. The van der Waals surface area contributed by atoms with Crippen molar-refractivity contribution in [2.45, 2.75) is 70.2 Å². The Hall–Kier alpha value is 0.230.